The maximum Gasteiger partial charge on any atom is 0.128 e. The number of piperazine rings is 1. The predicted molar refractivity (Wildman–Crippen MR) is 70.4 cm³/mol. The minimum absolute atomic E-state index is 0.906. The largest absolute Gasteiger partial charge is 0.468 e. The molecule has 4 heteroatoms. The fourth-order valence-electron chi connectivity index (χ4n) is 2.30. The second kappa shape index (κ2) is 5.23. The SMILES string of the molecule is c1ccc(N2CCN(Cc3ccco3)CC2)nc1. The lowest BCUT2D eigenvalue weighted by Crippen LogP contribution is -2.46. The molecule has 0 radical (unpaired) electrons. The average molecular weight is 243 g/mol. The summed E-state index contributed by atoms with van der Waals surface area (Å²) < 4.78 is 5.38. The number of rotatable bonds is 3. The third kappa shape index (κ3) is 2.54. The van der Waals surface area contributed by atoms with E-state index < -0.39 is 0 Å². The van der Waals surface area contributed by atoms with Crippen LogP contribution >= 0.6 is 0 Å². The van der Waals surface area contributed by atoms with Crippen LogP contribution in [0.25, 0.3) is 0 Å². The first-order chi connectivity index (χ1) is 8.92. The molecule has 1 aliphatic rings. The van der Waals surface area contributed by atoms with Crippen molar-refractivity contribution in [1.82, 2.24) is 9.88 Å². The van der Waals surface area contributed by atoms with Crippen LogP contribution in [-0.2, 0) is 6.54 Å². The lowest BCUT2D eigenvalue weighted by Gasteiger charge is -2.34. The minimum Gasteiger partial charge on any atom is -0.468 e. The molecule has 4 nitrogen and oxygen atoms in total. The highest BCUT2D eigenvalue weighted by Crippen LogP contribution is 2.14. The topological polar surface area (TPSA) is 32.5 Å². The van der Waals surface area contributed by atoms with Gasteiger partial charge in [0.2, 0.25) is 0 Å². The Morgan fingerprint density at radius 1 is 1.06 bits per heavy atom. The van der Waals surface area contributed by atoms with Crippen molar-refractivity contribution in [2.75, 3.05) is 31.1 Å². The molecular weight excluding hydrogens is 226 g/mol. The summed E-state index contributed by atoms with van der Waals surface area (Å²) in [6, 6.07) is 10.0. The second-order valence-corrected chi connectivity index (χ2v) is 4.53. The van der Waals surface area contributed by atoms with Crippen molar-refractivity contribution in [3.63, 3.8) is 0 Å². The monoisotopic (exact) mass is 243 g/mol. The smallest absolute Gasteiger partial charge is 0.128 e. The van der Waals surface area contributed by atoms with Crippen molar-refractivity contribution < 1.29 is 4.42 Å². The van der Waals surface area contributed by atoms with Gasteiger partial charge in [-0.15, -0.1) is 0 Å². The molecule has 0 bridgehead atoms. The Balaban J connectivity index is 1.55. The van der Waals surface area contributed by atoms with Crippen LogP contribution in [0.1, 0.15) is 5.76 Å². The normalized spacial score (nSPS) is 17.0. The van der Waals surface area contributed by atoms with Gasteiger partial charge < -0.3 is 9.32 Å². The van der Waals surface area contributed by atoms with Crippen LogP contribution in [0.2, 0.25) is 0 Å². The van der Waals surface area contributed by atoms with Gasteiger partial charge in [0.05, 0.1) is 12.8 Å². The van der Waals surface area contributed by atoms with Gasteiger partial charge in [-0.1, -0.05) is 6.07 Å². The van der Waals surface area contributed by atoms with Crippen molar-refractivity contribution in [2.24, 2.45) is 0 Å². The molecule has 2 aromatic rings. The Labute approximate surface area is 107 Å². The van der Waals surface area contributed by atoms with Gasteiger partial charge in [-0.05, 0) is 24.3 Å². The highest BCUT2D eigenvalue weighted by atomic mass is 16.3. The molecule has 0 N–H and O–H groups in total. The van der Waals surface area contributed by atoms with Crippen molar-refractivity contribution in [2.45, 2.75) is 6.54 Å². The molecule has 3 rings (SSSR count). The van der Waals surface area contributed by atoms with Crippen LogP contribution in [-0.4, -0.2) is 36.1 Å². The van der Waals surface area contributed by atoms with Crippen LogP contribution in [0.5, 0.6) is 0 Å². The first-order valence-corrected chi connectivity index (χ1v) is 6.32. The Morgan fingerprint density at radius 3 is 2.61 bits per heavy atom. The van der Waals surface area contributed by atoms with Crippen molar-refractivity contribution >= 4 is 5.82 Å². The van der Waals surface area contributed by atoms with Crippen LogP contribution < -0.4 is 4.90 Å². The standard InChI is InChI=1S/C14H17N3O/c1-2-6-15-14(5-1)17-9-7-16(8-10-17)12-13-4-3-11-18-13/h1-6,11H,7-10,12H2. The molecule has 1 saturated heterocycles. The molecule has 94 valence electrons. The maximum atomic E-state index is 5.38. The van der Waals surface area contributed by atoms with Gasteiger partial charge >= 0.3 is 0 Å². The summed E-state index contributed by atoms with van der Waals surface area (Å²) >= 11 is 0. The van der Waals surface area contributed by atoms with Gasteiger partial charge in [0.1, 0.15) is 11.6 Å². The highest BCUT2D eigenvalue weighted by molar-refractivity contribution is 5.38. The molecule has 0 amide bonds. The lowest BCUT2D eigenvalue weighted by atomic mass is 10.3. The summed E-state index contributed by atoms with van der Waals surface area (Å²) in [6.45, 7) is 5.06. The van der Waals surface area contributed by atoms with E-state index in [0.717, 1.165) is 44.3 Å². The van der Waals surface area contributed by atoms with Crippen molar-refractivity contribution in [3.05, 3.63) is 48.6 Å². The zero-order valence-corrected chi connectivity index (χ0v) is 10.3. The van der Waals surface area contributed by atoms with E-state index in [1.54, 1.807) is 6.26 Å². The van der Waals surface area contributed by atoms with E-state index >= 15 is 0 Å². The Bertz CT molecular complexity index is 461. The Morgan fingerprint density at radius 2 is 1.94 bits per heavy atom. The number of nitrogens with zero attached hydrogens (tertiary/aromatic N) is 3. The number of hydrogen-bond donors (Lipinski definition) is 0. The van der Waals surface area contributed by atoms with E-state index in [2.05, 4.69) is 20.9 Å². The fraction of sp³-hybridized carbons (Fsp3) is 0.357. The molecule has 0 atom stereocenters. The van der Waals surface area contributed by atoms with E-state index in [-0.39, 0.29) is 0 Å². The number of furan rings is 1. The molecule has 0 saturated carbocycles. The molecule has 2 aromatic heterocycles. The zero-order chi connectivity index (χ0) is 12.2. The minimum atomic E-state index is 0.906. The van der Waals surface area contributed by atoms with Gasteiger partial charge in [0, 0.05) is 32.4 Å². The Kier molecular flexibility index (Phi) is 3.28. The fourth-order valence-corrected chi connectivity index (χ4v) is 2.30. The summed E-state index contributed by atoms with van der Waals surface area (Å²) in [5.41, 5.74) is 0. The van der Waals surface area contributed by atoms with Crippen molar-refractivity contribution in [1.29, 1.82) is 0 Å². The molecular formula is C14H17N3O. The molecule has 18 heavy (non-hydrogen) atoms. The van der Waals surface area contributed by atoms with E-state index in [4.69, 9.17) is 4.42 Å². The van der Waals surface area contributed by atoms with Gasteiger partial charge in [0.15, 0.2) is 0 Å². The van der Waals surface area contributed by atoms with Gasteiger partial charge in [0.25, 0.3) is 0 Å². The van der Waals surface area contributed by atoms with Crippen LogP contribution in [0.4, 0.5) is 5.82 Å². The zero-order valence-electron chi connectivity index (χ0n) is 10.3. The van der Waals surface area contributed by atoms with E-state index in [1.165, 1.54) is 0 Å². The molecule has 3 heterocycles. The number of pyridine rings is 1. The van der Waals surface area contributed by atoms with E-state index in [9.17, 15) is 0 Å². The second-order valence-electron chi connectivity index (χ2n) is 4.53. The van der Waals surface area contributed by atoms with Crippen LogP contribution in [0.15, 0.2) is 47.2 Å². The summed E-state index contributed by atoms with van der Waals surface area (Å²) in [7, 11) is 0. The molecule has 1 aliphatic heterocycles. The molecule has 0 aliphatic carbocycles. The first kappa shape index (κ1) is 11.3. The molecule has 0 spiro atoms. The van der Waals surface area contributed by atoms with Gasteiger partial charge in [-0.25, -0.2) is 4.98 Å². The Hall–Kier alpha value is -1.81. The summed E-state index contributed by atoms with van der Waals surface area (Å²) in [6.07, 6.45) is 3.59. The van der Waals surface area contributed by atoms with Crippen LogP contribution in [0, 0.1) is 0 Å². The molecule has 1 fully saturated rings. The van der Waals surface area contributed by atoms with Gasteiger partial charge in [-0.2, -0.15) is 0 Å². The average Bonchev–Trinajstić information content (AvgIpc) is 2.94. The molecule has 0 unspecified atom stereocenters. The predicted octanol–water partition coefficient (Wildman–Crippen LogP) is 2.00. The van der Waals surface area contributed by atoms with Crippen LogP contribution in [0.3, 0.4) is 0 Å². The summed E-state index contributed by atoms with van der Waals surface area (Å²) in [4.78, 5) is 9.14. The number of hydrogen-bond acceptors (Lipinski definition) is 4. The van der Waals surface area contributed by atoms with E-state index in [1.807, 2.05) is 30.5 Å². The third-order valence-corrected chi connectivity index (χ3v) is 3.31. The van der Waals surface area contributed by atoms with Gasteiger partial charge in [-0.3, -0.25) is 4.90 Å². The summed E-state index contributed by atoms with van der Waals surface area (Å²) in [5, 5.41) is 0. The van der Waals surface area contributed by atoms with Crippen molar-refractivity contribution in [3.8, 4) is 0 Å². The maximum absolute atomic E-state index is 5.38. The van der Waals surface area contributed by atoms with E-state index in [0.29, 0.717) is 0 Å². The molecule has 0 aromatic carbocycles. The number of anilines is 1. The first-order valence-electron chi connectivity index (χ1n) is 6.32. The quantitative estimate of drug-likeness (QED) is 0.825. The summed E-state index contributed by atoms with van der Waals surface area (Å²) in [5.74, 6) is 2.12. The lowest BCUT2D eigenvalue weighted by molar-refractivity contribution is 0.230. The number of aromatic nitrogens is 1. The highest BCUT2D eigenvalue weighted by Gasteiger charge is 2.18. The third-order valence-electron chi connectivity index (χ3n) is 3.31.